The van der Waals surface area contributed by atoms with Crippen LogP contribution in [0.1, 0.15) is 23.5 Å². The molecule has 0 saturated carbocycles. The first kappa shape index (κ1) is 33.9. The van der Waals surface area contributed by atoms with E-state index in [1.54, 1.807) is 43.4 Å². The molecule has 9 nitrogen and oxygen atoms in total. The van der Waals surface area contributed by atoms with Crippen molar-refractivity contribution in [2.45, 2.75) is 6.42 Å². The number of aliphatic imine (C=N–C) groups is 3. The third-order valence-electron chi connectivity index (χ3n) is 4.24. The molecule has 0 saturated heterocycles. The van der Waals surface area contributed by atoms with Crippen molar-refractivity contribution in [1.29, 1.82) is 0 Å². The quantitative estimate of drug-likeness (QED) is 0.186. The molecule has 2 radical (unpaired) electrons. The number of aromatic nitrogens is 4. The average Bonchev–Trinajstić information content (AvgIpc) is 3.02. The van der Waals surface area contributed by atoms with Crippen LogP contribution in [0.15, 0.2) is 113 Å². The minimum absolute atomic E-state index is 0.587. The maximum absolute atomic E-state index is 5.32. The van der Waals surface area contributed by atoms with Crippen molar-refractivity contribution in [3.63, 3.8) is 0 Å². The Labute approximate surface area is 241 Å². The van der Waals surface area contributed by atoms with E-state index in [0.29, 0.717) is 25.5 Å². The third kappa shape index (κ3) is 19.0. The van der Waals surface area contributed by atoms with Crippen LogP contribution in [0.25, 0.3) is 0 Å². The van der Waals surface area contributed by atoms with Crippen molar-refractivity contribution in [3.8, 4) is 0 Å². The molecule has 0 aliphatic heterocycles. The van der Waals surface area contributed by atoms with Crippen LogP contribution in [0.4, 0.5) is 5.82 Å². The molecule has 0 spiro atoms. The van der Waals surface area contributed by atoms with E-state index in [2.05, 4.69) is 48.4 Å². The summed E-state index contributed by atoms with van der Waals surface area (Å²) in [5.41, 5.74) is 13.2. The van der Waals surface area contributed by atoms with Crippen molar-refractivity contribution in [3.05, 3.63) is 115 Å². The first-order valence-corrected chi connectivity index (χ1v) is 13.3. The Bertz CT molecular complexity index is 1210. The molecule has 0 amide bonds. The fraction of sp³-hybridized carbons (Fsp3) is 0.179. The fourth-order valence-electron chi connectivity index (χ4n) is 2.49. The predicted molar refractivity (Wildman–Crippen MR) is 171 cm³/mol. The molecule has 0 aliphatic carbocycles. The van der Waals surface area contributed by atoms with Gasteiger partial charge in [0.25, 0.3) is 0 Å². The molecule has 4 N–H and O–H groups in total. The second kappa shape index (κ2) is 25.2. The van der Waals surface area contributed by atoms with Crippen LogP contribution < -0.4 is 11.5 Å². The van der Waals surface area contributed by atoms with Gasteiger partial charge in [0.1, 0.15) is 0 Å². The SMILES string of the molecule is C(=Nc1ccccn1)c1ccccn1.NCCCN=Cc1ccccn1.NCCN=Cc1ccccn1.[B]=S=[B]. The zero-order chi connectivity index (χ0) is 28.9. The summed E-state index contributed by atoms with van der Waals surface area (Å²) in [5, 5.41) is 0. The molecule has 0 unspecified atom stereocenters. The molecule has 0 atom stereocenters. The summed E-state index contributed by atoms with van der Waals surface area (Å²) in [6.07, 6.45) is 13.1. The first-order chi connectivity index (χ1) is 19.7. The van der Waals surface area contributed by atoms with Crippen LogP contribution in [0, 0.1) is 0 Å². The summed E-state index contributed by atoms with van der Waals surface area (Å²) in [7, 11) is 0.750. The molecular weight excluding hydrogens is 516 g/mol. The van der Waals surface area contributed by atoms with E-state index < -0.39 is 0 Å². The van der Waals surface area contributed by atoms with Crippen LogP contribution in [-0.2, 0) is 0 Å². The normalized spacial score (nSPS) is 10.1. The Morgan fingerprint density at radius 2 is 1.05 bits per heavy atom. The van der Waals surface area contributed by atoms with E-state index in [4.69, 9.17) is 11.5 Å². The molecule has 202 valence electrons. The summed E-state index contributed by atoms with van der Waals surface area (Å²) in [4.78, 5) is 28.7. The van der Waals surface area contributed by atoms with Crippen LogP contribution in [0.2, 0.25) is 0 Å². The van der Waals surface area contributed by atoms with E-state index in [1.165, 1.54) is 0 Å². The summed E-state index contributed by atoms with van der Waals surface area (Å²) in [5.74, 6) is 0.693. The predicted octanol–water partition coefficient (Wildman–Crippen LogP) is 3.42. The zero-order valence-electron chi connectivity index (χ0n) is 22.4. The number of hydrogen-bond donors (Lipinski definition) is 2. The molecule has 12 heteroatoms. The second-order valence-corrected chi connectivity index (χ2v) is 7.62. The molecule has 0 bridgehead atoms. The van der Waals surface area contributed by atoms with E-state index in [9.17, 15) is 0 Å². The van der Waals surface area contributed by atoms with Gasteiger partial charge in [0.15, 0.2) is 5.82 Å². The molecule has 4 aromatic rings. The zero-order valence-corrected chi connectivity index (χ0v) is 23.2. The Kier molecular flexibility index (Phi) is 21.3. The van der Waals surface area contributed by atoms with Gasteiger partial charge in [0, 0.05) is 50.3 Å². The van der Waals surface area contributed by atoms with Crippen molar-refractivity contribution in [1.82, 2.24) is 19.9 Å². The minimum atomic E-state index is 0.587. The van der Waals surface area contributed by atoms with Gasteiger partial charge >= 0.3 is 24.1 Å². The molecular formula is C28H33B2N9S. The maximum atomic E-state index is 5.32. The summed E-state index contributed by atoms with van der Waals surface area (Å²) in [6.45, 7) is 11.8. The number of nitrogens with two attached hydrogens (primary N) is 2. The number of rotatable bonds is 9. The van der Waals surface area contributed by atoms with Gasteiger partial charge in [0.2, 0.25) is 0 Å². The van der Waals surface area contributed by atoms with Gasteiger partial charge in [-0.3, -0.25) is 24.9 Å². The standard InChI is InChI=1S/C11H9N3.C9H13N3.C8H11N3.B2S/c1-3-7-12-10(5-1)9-14-11-6-2-4-8-13-11;10-5-3-6-11-8-9-4-1-2-7-12-9;9-4-6-10-7-8-3-1-2-5-11-8;1-3-2/h1-9H;1-2,4,7-8H,3,5-6,10H2;1-3,5,7H,4,6,9H2;. The third-order valence-corrected chi connectivity index (χ3v) is 4.24. The van der Waals surface area contributed by atoms with Gasteiger partial charge in [-0.2, -0.15) is 0 Å². The van der Waals surface area contributed by atoms with Crippen molar-refractivity contribution < 1.29 is 0 Å². The summed E-state index contributed by atoms with van der Waals surface area (Å²) >= 11 is 0. The van der Waals surface area contributed by atoms with Crippen LogP contribution in [-0.4, -0.2) is 78.2 Å². The molecule has 40 heavy (non-hydrogen) atoms. The topological polar surface area (TPSA) is 141 Å². The Morgan fingerprint density at radius 1 is 0.600 bits per heavy atom. The van der Waals surface area contributed by atoms with E-state index in [-0.39, 0.29) is 0 Å². The Hall–Kier alpha value is -4.12. The fourth-order valence-corrected chi connectivity index (χ4v) is 2.49. The summed E-state index contributed by atoms with van der Waals surface area (Å²) < 4.78 is 0. The molecule has 4 rings (SSSR count). The average molecular weight is 549 g/mol. The number of nitrogens with zero attached hydrogens (tertiary/aromatic N) is 7. The van der Waals surface area contributed by atoms with Crippen molar-refractivity contribution >= 4 is 48.5 Å². The first-order valence-electron chi connectivity index (χ1n) is 12.4. The molecule has 0 aromatic carbocycles. The van der Waals surface area contributed by atoms with Gasteiger partial charge in [-0.15, -0.1) is 0 Å². The van der Waals surface area contributed by atoms with Gasteiger partial charge in [-0.25, -0.2) is 9.98 Å². The molecule has 0 aliphatic rings. The van der Waals surface area contributed by atoms with E-state index >= 15 is 0 Å². The molecule has 4 heterocycles. The monoisotopic (exact) mass is 549 g/mol. The number of pyridine rings is 4. The van der Waals surface area contributed by atoms with Gasteiger partial charge < -0.3 is 11.5 Å². The van der Waals surface area contributed by atoms with Crippen molar-refractivity contribution in [2.75, 3.05) is 26.2 Å². The molecule has 4 aromatic heterocycles. The van der Waals surface area contributed by atoms with Crippen LogP contribution >= 0.6 is 10.6 Å². The summed E-state index contributed by atoms with van der Waals surface area (Å²) in [6, 6.07) is 22.8. The second-order valence-electron chi connectivity index (χ2n) is 7.35. The number of hydrogen-bond acceptors (Lipinski definition) is 9. The Balaban J connectivity index is 0.000000288. The Morgan fingerprint density at radius 3 is 1.45 bits per heavy atom. The van der Waals surface area contributed by atoms with E-state index in [1.807, 2.05) is 72.8 Å². The molecule has 0 fully saturated rings. The van der Waals surface area contributed by atoms with E-state index in [0.717, 1.165) is 40.7 Å². The van der Waals surface area contributed by atoms with Crippen LogP contribution in [0.3, 0.4) is 0 Å². The van der Waals surface area contributed by atoms with Crippen LogP contribution in [0.5, 0.6) is 0 Å². The van der Waals surface area contributed by atoms with Gasteiger partial charge in [-0.1, -0.05) is 24.3 Å². The van der Waals surface area contributed by atoms with Crippen molar-refractivity contribution in [2.24, 2.45) is 26.4 Å². The van der Waals surface area contributed by atoms with Gasteiger partial charge in [0.05, 0.1) is 29.8 Å². The van der Waals surface area contributed by atoms with Gasteiger partial charge in [-0.05, 0) is 61.5 Å².